The number of aliphatic hydroxyl groups is 1. The Labute approximate surface area is 112 Å². The van der Waals surface area contributed by atoms with Gasteiger partial charge in [0.15, 0.2) is 0 Å². The van der Waals surface area contributed by atoms with E-state index < -0.39 is 16.1 Å². The molecule has 3 N–H and O–H groups in total. The predicted octanol–water partition coefficient (Wildman–Crippen LogP) is -0.566. The third-order valence-corrected chi connectivity index (χ3v) is 4.71. The Morgan fingerprint density at radius 1 is 1.58 bits per heavy atom. The number of hydrogen-bond acceptors (Lipinski definition) is 6. The van der Waals surface area contributed by atoms with Gasteiger partial charge in [-0.2, -0.15) is 4.31 Å². The van der Waals surface area contributed by atoms with E-state index in [4.69, 9.17) is 15.6 Å². The molecule has 1 fully saturated rings. The summed E-state index contributed by atoms with van der Waals surface area (Å²) in [6.07, 6.45) is 0.591. The predicted molar refractivity (Wildman–Crippen MR) is 68.8 cm³/mol. The zero-order chi connectivity index (χ0) is 14.0. The van der Waals surface area contributed by atoms with Crippen molar-refractivity contribution in [1.29, 1.82) is 0 Å². The fraction of sp³-hybridized carbons (Fsp3) is 0.545. The molecule has 2 atom stereocenters. The lowest BCUT2D eigenvalue weighted by molar-refractivity contribution is -0.0750. The summed E-state index contributed by atoms with van der Waals surface area (Å²) in [5, 5.41) is 9.13. The van der Waals surface area contributed by atoms with Crippen LogP contribution in [-0.2, 0) is 14.8 Å². The zero-order valence-corrected chi connectivity index (χ0v) is 11.4. The molecule has 19 heavy (non-hydrogen) atoms. The van der Waals surface area contributed by atoms with Crippen LogP contribution in [0, 0.1) is 0 Å². The van der Waals surface area contributed by atoms with Gasteiger partial charge in [-0.25, -0.2) is 13.4 Å². The van der Waals surface area contributed by atoms with Crippen LogP contribution in [0.2, 0.25) is 0 Å². The fourth-order valence-corrected chi connectivity index (χ4v) is 3.61. The van der Waals surface area contributed by atoms with E-state index in [-0.39, 0.29) is 36.5 Å². The molecule has 1 saturated heterocycles. The molecule has 1 aliphatic rings. The van der Waals surface area contributed by atoms with Crippen molar-refractivity contribution in [1.82, 2.24) is 9.29 Å². The molecule has 0 amide bonds. The van der Waals surface area contributed by atoms with E-state index >= 15 is 0 Å². The second-order valence-corrected chi connectivity index (χ2v) is 6.43. The molecule has 2 unspecified atom stereocenters. The van der Waals surface area contributed by atoms with Crippen LogP contribution in [0.1, 0.15) is 6.92 Å². The Morgan fingerprint density at radius 3 is 2.95 bits per heavy atom. The smallest absolute Gasteiger partial charge is 0.243 e. The number of aromatic nitrogens is 1. The number of nitrogens with two attached hydrogens (primary N) is 1. The summed E-state index contributed by atoms with van der Waals surface area (Å²) in [4.78, 5) is 3.88. The first-order valence-corrected chi connectivity index (χ1v) is 7.35. The first kappa shape index (κ1) is 14.2. The van der Waals surface area contributed by atoms with E-state index in [0.717, 1.165) is 0 Å². The summed E-state index contributed by atoms with van der Waals surface area (Å²) >= 11 is 0. The Bertz CT molecular complexity index is 549. The summed E-state index contributed by atoms with van der Waals surface area (Å²) in [5.41, 5.74) is 5.51. The molecule has 2 rings (SSSR count). The molecule has 0 aromatic carbocycles. The summed E-state index contributed by atoms with van der Waals surface area (Å²) in [6.45, 7) is 1.94. The minimum atomic E-state index is -3.64. The second-order valence-electron chi connectivity index (χ2n) is 4.49. The highest BCUT2D eigenvalue weighted by Gasteiger charge is 2.33. The number of pyridine rings is 1. The molecule has 1 aromatic heterocycles. The Morgan fingerprint density at radius 2 is 2.32 bits per heavy atom. The van der Waals surface area contributed by atoms with Crippen LogP contribution in [0.15, 0.2) is 23.2 Å². The molecule has 0 aliphatic carbocycles. The van der Waals surface area contributed by atoms with Crippen LogP contribution in [0.3, 0.4) is 0 Å². The van der Waals surface area contributed by atoms with Gasteiger partial charge in [-0.05, 0) is 13.0 Å². The van der Waals surface area contributed by atoms with Crippen molar-refractivity contribution in [2.24, 2.45) is 0 Å². The minimum Gasteiger partial charge on any atom is -0.394 e. The molecule has 1 aliphatic heterocycles. The van der Waals surface area contributed by atoms with E-state index in [1.165, 1.54) is 22.6 Å². The van der Waals surface area contributed by atoms with E-state index in [0.29, 0.717) is 0 Å². The summed E-state index contributed by atoms with van der Waals surface area (Å²) in [7, 11) is -3.64. The van der Waals surface area contributed by atoms with Crippen molar-refractivity contribution in [3.05, 3.63) is 18.3 Å². The molecule has 1 aromatic rings. The van der Waals surface area contributed by atoms with Gasteiger partial charge in [-0.15, -0.1) is 0 Å². The molecule has 2 heterocycles. The minimum absolute atomic E-state index is 0.103. The highest BCUT2D eigenvalue weighted by atomic mass is 32.2. The average molecular weight is 287 g/mol. The Hall–Kier alpha value is -1.22. The number of aliphatic hydroxyl groups excluding tert-OH is 1. The molecule has 106 valence electrons. The van der Waals surface area contributed by atoms with Crippen LogP contribution < -0.4 is 5.73 Å². The van der Waals surface area contributed by atoms with Crippen LogP contribution in [0.5, 0.6) is 0 Å². The van der Waals surface area contributed by atoms with Gasteiger partial charge in [-0.3, -0.25) is 0 Å². The molecular weight excluding hydrogens is 270 g/mol. The monoisotopic (exact) mass is 287 g/mol. The third kappa shape index (κ3) is 3.03. The number of rotatable bonds is 3. The fourth-order valence-electron chi connectivity index (χ4n) is 2.04. The van der Waals surface area contributed by atoms with E-state index in [1.807, 2.05) is 0 Å². The number of nitrogen functional groups attached to an aromatic ring is 1. The maximum Gasteiger partial charge on any atom is 0.243 e. The van der Waals surface area contributed by atoms with Crippen LogP contribution in [-0.4, -0.2) is 54.7 Å². The number of anilines is 1. The zero-order valence-electron chi connectivity index (χ0n) is 10.6. The largest absolute Gasteiger partial charge is 0.394 e. The summed E-state index contributed by atoms with van der Waals surface area (Å²) in [5.74, 6) is 0.154. The van der Waals surface area contributed by atoms with Gasteiger partial charge in [0, 0.05) is 25.4 Å². The highest BCUT2D eigenvalue weighted by molar-refractivity contribution is 7.89. The van der Waals surface area contributed by atoms with Gasteiger partial charge >= 0.3 is 0 Å². The number of nitrogens with zero attached hydrogens (tertiary/aromatic N) is 2. The standard InChI is InChI=1S/C11H17N3O4S/c1-8-5-14(6-9(7-15)18-8)19(16,17)10-2-3-13-11(12)4-10/h2-4,8-9,15H,5-7H2,1H3,(H2,12,13). The number of morpholine rings is 1. The lowest BCUT2D eigenvalue weighted by atomic mass is 10.2. The average Bonchev–Trinajstić information content (AvgIpc) is 2.38. The van der Waals surface area contributed by atoms with Crippen LogP contribution in [0.25, 0.3) is 0 Å². The first-order chi connectivity index (χ1) is 8.93. The molecule has 8 heteroatoms. The van der Waals surface area contributed by atoms with Crippen molar-refractivity contribution < 1.29 is 18.3 Å². The molecule has 0 radical (unpaired) electrons. The molecule has 0 saturated carbocycles. The van der Waals surface area contributed by atoms with E-state index in [2.05, 4.69) is 4.98 Å². The lowest BCUT2D eigenvalue weighted by Gasteiger charge is -2.35. The maximum atomic E-state index is 12.5. The number of ether oxygens (including phenoxy) is 1. The van der Waals surface area contributed by atoms with Crippen LogP contribution >= 0.6 is 0 Å². The normalized spacial score (nSPS) is 25.4. The van der Waals surface area contributed by atoms with Gasteiger partial charge < -0.3 is 15.6 Å². The van der Waals surface area contributed by atoms with Gasteiger partial charge in [0.05, 0.1) is 23.7 Å². The molecule has 0 bridgehead atoms. The van der Waals surface area contributed by atoms with Crippen LogP contribution in [0.4, 0.5) is 5.82 Å². The third-order valence-electron chi connectivity index (χ3n) is 2.89. The van der Waals surface area contributed by atoms with Gasteiger partial charge in [0.25, 0.3) is 0 Å². The van der Waals surface area contributed by atoms with E-state index in [1.54, 1.807) is 6.92 Å². The Balaban J connectivity index is 2.29. The molecule has 0 spiro atoms. The quantitative estimate of drug-likeness (QED) is 0.771. The van der Waals surface area contributed by atoms with E-state index in [9.17, 15) is 8.42 Å². The SMILES string of the molecule is CC1CN(S(=O)(=O)c2ccnc(N)c2)CC(CO)O1. The van der Waals surface area contributed by atoms with Gasteiger partial charge in [-0.1, -0.05) is 0 Å². The molecular formula is C11H17N3O4S. The summed E-state index contributed by atoms with van der Waals surface area (Å²) < 4.78 is 31.6. The number of sulfonamides is 1. The van der Waals surface area contributed by atoms with Crippen molar-refractivity contribution >= 4 is 15.8 Å². The highest BCUT2D eigenvalue weighted by Crippen LogP contribution is 2.21. The Kier molecular flexibility index (Phi) is 4.04. The van der Waals surface area contributed by atoms with Crippen molar-refractivity contribution in [2.45, 2.75) is 24.0 Å². The number of hydrogen-bond donors (Lipinski definition) is 2. The van der Waals surface area contributed by atoms with Gasteiger partial charge in [0.1, 0.15) is 5.82 Å². The molecule has 7 nitrogen and oxygen atoms in total. The van der Waals surface area contributed by atoms with Crippen molar-refractivity contribution in [2.75, 3.05) is 25.4 Å². The first-order valence-electron chi connectivity index (χ1n) is 5.91. The van der Waals surface area contributed by atoms with Crippen molar-refractivity contribution in [3.63, 3.8) is 0 Å². The lowest BCUT2D eigenvalue weighted by Crippen LogP contribution is -2.50. The second kappa shape index (κ2) is 5.41. The summed E-state index contributed by atoms with van der Waals surface area (Å²) in [6, 6.07) is 2.73. The maximum absolute atomic E-state index is 12.5. The van der Waals surface area contributed by atoms with Crippen molar-refractivity contribution in [3.8, 4) is 0 Å². The van der Waals surface area contributed by atoms with Gasteiger partial charge in [0.2, 0.25) is 10.0 Å². The topological polar surface area (TPSA) is 106 Å².